The zero-order chi connectivity index (χ0) is 14.7. The average molecular weight is 300 g/mol. The van der Waals surface area contributed by atoms with E-state index in [1.165, 1.54) is 18.2 Å². The summed E-state index contributed by atoms with van der Waals surface area (Å²) in [5, 5.41) is 0. The van der Waals surface area contributed by atoms with E-state index in [0.29, 0.717) is 0 Å². The van der Waals surface area contributed by atoms with E-state index >= 15 is 0 Å². The summed E-state index contributed by atoms with van der Waals surface area (Å²) in [7, 11) is -1.24. The van der Waals surface area contributed by atoms with Gasteiger partial charge in [0.05, 0.1) is 4.90 Å². The van der Waals surface area contributed by atoms with E-state index < -0.39 is 22.5 Å². The summed E-state index contributed by atoms with van der Waals surface area (Å²) < 4.78 is 28.5. The van der Waals surface area contributed by atoms with Gasteiger partial charge in [-0.3, -0.25) is 0 Å². The van der Waals surface area contributed by atoms with Crippen LogP contribution in [0.4, 0.5) is 8.78 Å². The first kappa shape index (κ1) is 13.8. The maximum atomic E-state index is 14.2. The van der Waals surface area contributed by atoms with Crippen LogP contribution in [0.5, 0.6) is 0 Å². The molecule has 0 nitrogen and oxygen atoms in total. The van der Waals surface area contributed by atoms with E-state index in [-0.39, 0.29) is 4.90 Å². The standard InChI is InChI=1S/C18H14F2S/c19-16-12-7-13-17(20)18(16)21(14-8-3-1-4-9-14)15-10-5-2-6-11-15/h1-13,21H. The smallest absolute Gasteiger partial charge is 0.138 e. The van der Waals surface area contributed by atoms with Crippen LogP contribution in [-0.4, -0.2) is 0 Å². The molecule has 0 saturated heterocycles. The molecule has 0 spiro atoms. The predicted molar refractivity (Wildman–Crippen MR) is 83.0 cm³/mol. The minimum absolute atomic E-state index is 0.157. The van der Waals surface area contributed by atoms with Crippen molar-refractivity contribution in [3.05, 3.63) is 90.5 Å². The van der Waals surface area contributed by atoms with Crippen LogP contribution in [0.25, 0.3) is 0 Å². The Hall–Kier alpha value is -2.13. The van der Waals surface area contributed by atoms with Gasteiger partial charge in [-0.1, -0.05) is 42.5 Å². The van der Waals surface area contributed by atoms with Crippen molar-refractivity contribution in [3.8, 4) is 0 Å². The van der Waals surface area contributed by atoms with Crippen LogP contribution in [0.1, 0.15) is 0 Å². The number of benzene rings is 3. The van der Waals surface area contributed by atoms with Crippen molar-refractivity contribution >= 4 is 10.9 Å². The molecule has 3 aromatic rings. The Kier molecular flexibility index (Phi) is 4.02. The third-order valence-electron chi connectivity index (χ3n) is 3.19. The average Bonchev–Trinajstić information content (AvgIpc) is 2.53. The molecule has 0 aromatic heterocycles. The summed E-state index contributed by atoms with van der Waals surface area (Å²) in [5.74, 6) is -0.984. The van der Waals surface area contributed by atoms with Crippen LogP contribution < -0.4 is 0 Å². The highest BCUT2D eigenvalue weighted by Crippen LogP contribution is 2.52. The van der Waals surface area contributed by atoms with E-state index in [9.17, 15) is 8.78 Å². The molecule has 0 bridgehead atoms. The number of hydrogen-bond donors (Lipinski definition) is 1. The largest absolute Gasteiger partial charge is 0.206 e. The van der Waals surface area contributed by atoms with Gasteiger partial charge in [0.25, 0.3) is 0 Å². The van der Waals surface area contributed by atoms with Crippen molar-refractivity contribution in [3.63, 3.8) is 0 Å². The van der Waals surface area contributed by atoms with Crippen LogP contribution in [-0.2, 0) is 0 Å². The third kappa shape index (κ3) is 2.83. The topological polar surface area (TPSA) is 0 Å². The Morgan fingerprint density at radius 3 is 1.38 bits per heavy atom. The Bertz CT molecular complexity index is 667. The SMILES string of the molecule is Fc1cccc(F)c1[SH](c1ccccc1)c1ccccc1. The minimum atomic E-state index is -1.24. The maximum Gasteiger partial charge on any atom is 0.138 e. The molecule has 3 heteroatoms. The summed E-state index contributed by atoms with van der Waals surface area (Å²) in [5.41, 5.74) is 0. The maximum absolute atomic E-state index is 14.2. The lowest BCUT2D eigenvalue weighted by Crippen LogP contribution is -1.95. The molecule has 0 aliphatic heterocycles. The van der Waals surface area contributed by atoms with Crippen LogP contribution >= 0.6 is 10.9 Å². The quantitative estimate of drug-likeness (QED) is 0.611. The molecule has 0 heterocycles. The van der Waals surface area contributed by atoms with Gasteiger partial charge in [-0.15, -0.1) is 0 Å². The summed E-state index contributed by atoms with van der Waals surface area (Å²) in [4.78, 5) is 2.02. The number of hydrogen-bond acceptors (Lipinski definition) is 0. The van der Waals surface area contributed by atoms with E-state index in [2.05, 4.69) is 0 Å². The Morgan fingerprint density at radius 1 is 0.524 bits per heavy atom. The summed E-state index contributed by atoms with van der Waals surface area (Å²) in [6, 6.07) is 23.1. The van der Waals surface area contributed by atoms with Gasteiger partial charge in [0.1, 0.15) is 11.6 Å². The molecular weight excluding hydrogens is 286 g/mol. The van der Waals surface area contributed by atoms with Gasteiger partial charge in [-0.05, 0) is 46.2 Å². The molecule has 0 radical (unpaired) electrons. The molecule has 0 amide bonds. The fourth-order valence-electron chi connectivity index (χ4n) is 2.26. The lowest BCUT2D eigenvalue weighted by Gasteiger charge is -2.24. The lowest BCUT2D eigenvalue weighted by atomic mass is 10.3. The molecule has 0 fully saturated rings. The molecule has 0 saturated carbocycles. The molecule has 106 valence electrons. The molecule has 0 aliphatic carbocycles. The number of thiol groups is 1. The highest BCUT2D eigenvalue weighted by Gasteiger charge is 2.20. The molecule has 3 rings (SSSR count). The molecule has 0 atom stereocenters. The fraction of sp³-hybridized carbons (Fsp3) is 0. The zero-order valence-electron chi connectivity index (χ0n) is 11.2. The van der Waals surface area contributed by atoms with E-state index in [1.807, 2.05) is 60.7 Å². The summed E-state index contributed by atoms with van der Waals surface area (Å²) in [6.07, 6.45) is 0. The van der Waals surface area contributed by atoms with Crippen molar-refractivity contribution in [1.82, 2.24) is 0 Å². The van der Waals surface area contributed by atoms with Crippen LogP contribution in [0.2, 0.25) is 0 Å². The van der Waals surface area contributed by atoms with Crippen LogP contribution in [0.15, 0.2) is 93.5 Å². The fourth-order valence-corrected chi connectivity index (χ4v) is 4.60. The first-order valence-corrected chi connectivity index (χ1v) is 7.96. The zero-order valence-corrected chi connectivity index (χ0v) is 12.1. The highest BCUT2D eigenvalue weighted by atomic mass is 32.2. The first-order valence-electron chi connectivity index (χ1n) is 6.61. The number of rotatable bonds is 3. The van der Waals surface area contributed by atoms with E-state index in [0.717, 1.165) is 9.79 Å². The van der Waals surface area contributed by atoms with Crippen molar-refractivity contribution in [2.45, 2.75) is 14.7 Å². The second kappa shape index (κ2) is 6.10. The van der Waals surface area contributed by atoms with Gasteiger partial charge in [0.2, 0.25) is 0 Å². The molecular formula is C18H14F2S. The molecule has 0 aliphatic rings. The summed E-state index contributed by atoms with van der Waals surface area (Å²) >= 11 is 0. The first-order chi connectivity index (χ1) is 10.3. The molecule has 0 N–H and O–H groups in total. The van der Waals surface area contributed by atoms with Crippen molar-refractivity contribution < 1.29 is 8.78 Å². The monoisotopic (exact) mass is 300 g/mol. The number of halogens is 2. The van der Waals surface area contributed by atoms with E-state index in [4.69, 9.17) is 0 Å². The van der Waals surface area contributed by atoms with Gasteiger partial charge in [-0.2, -0.15) is 10.9 Å². The van der Waals surface area contributed by atoms with Crippen LogP contribution in [0, 0.1) is 11.6 Å². The second-order valence-electron chi connectivity index (χ2n) is 4.58. The third-order valence-corrected chi connectivity index (χ3v) is 5.69. The van der Waals surface area contributed by atoms with Gasteiger partial charge < -0.3 is 0 Å². The summed E-state index contributed by atoms with van der Waals surface area (Å²) in [6.45, 7) is 0. The van der Waals surface area contributed by atoms with Crippen molar-refractivity contribution in [2.75, 3.05) is 0 Å². The van der Waals surface area contributed by atoms with Crippen molar-refractivity contribution in [2.24, 2.45) is 0 Å². The van der Waals surface area contributed by atoms with Gasteiger partial charge >= 0.3 is 0 Å². The minimum Gasteiger partial charge on any atom is -0.206 e. The Labute approximate surface area is 125 Å². The molecule has 3 aromatic carbocycles. The highest BCUT2D eigenvalue weighted by molar-refractivity contribution is 8.17. The Balaban J connectivity index is 2.23. The Morgan fingerprint density at radius 2 is 0.952 bits per heavy atom. The predicted octanol–water partition coefficient (Wildman–Crippen LogP) is 5.44. The molecule has 0 unspecified atom stereocenters. The second-order valence-corrected chi connectivity index (χ2v) is 6.73. The van der Waals surface area contributed by atoms with Crippen LogP contribution in [0.3, 0.4) is 0 Å². The normalized spacial score (nSPS) is 11.2. The van der Waals surface area contributed by atoms with Crippen molar-refractivity contribution in [1.29, 1.82) is 0 Å². The van der Waals surface area contributed by atoms with Gasteiger partial charge in [0.15, 0.2) is 0 Å². The molecule has 21 heavy (non-hydrogen) atoms. The van der Waals surface area contributed by atoms with E-state index in [1.54, 1.807) is 0 Å². The van der Waals surface area contributed by atoms with Gasteiger partial charge in [-0.25, -0.2) is 8.78 Å². The van der Waals surface area contributed by atoms with Gasteiger partial charge in [0, 0.05) is 0 Å². The lowest BCUT2D eigenvalue weighted by molar-refractivity contribution is 0.539.